The molecule has 1 rings (SSSR count). The molecule has 1 fully saturated rings. The van der Waals surface area contributed by atoms with E-state index in [1.807, 2.05) is 0 Å². The minimum absolute atomic E-state index is 0.267. The molecule has 0 aliphatic heterocycles. The lowest BCUT2D eigenvalue weighted by Gasteiger charge is -2.26. The normalized spacial score (nSPS) is 22.7. The van der Waals surface area contributed by atoms with Gasteiger partial charge in [-0.25, -0.2) is 0 Å². The smallest absolute Gasteiger partial charge is 0.0686 e. The van der Waals surface area contributed by atoms with Gasteiger partial charge in [-0.05, 0) is 32.1 Å². The molecular formula is C14H25N. The number of rotatable bonds is 4. The lowest BCUT2D eigenvalue weighted by molar-refractivity contribution is 0.324. The fourth-order valence-corrected chi connectivity index (χ4v) is 2.55. The molecule has 0 saturated heterocycles. The summed E-state index contributed by atoms with van der Waals surface area (Å²) in [5.41, 5.74) is 0. The van der Waals surface area contributed by atoms with Crippen molar-refractivity contribution >= 4 is 0 Å². The monoisotopic (exact) mass is 207 g/mol. The fraction of sp³-hybridized carbons (Fsp3) is 0.857. The van der Waals surface area contributed by atoms with Gasteiger partial charge in [0.05, 0.1) is 6.04 Å². The first-order chi connectivity index (χ1) is 7.27. The van der Waals surface area contributed by atoms with Crippen molar-refractivity contribution in [2.75, 3.05) is 0 Å². The topological polar surface area (TPSA) is 12.0 Å². The molecule has 15 heavy (non-hydrogen) atoms. The van der Waals surface area contributed by atoms with Gasteiger partial charge < -0.3 is 5.32 Å². The Kier molecular flexibility index (Phi) is 5.79. The van der Waals surface area contributed by atoms with Crippen molar-refractivity contribution in [3.63, 3.8) is 0 Å². The molecule has 2 atom stereocenters. The minimum atomic E-state index is 0.267. The van der Waals surface area contributed by atoms with Crippen LogP contribution in [0.2, 0.25) is 0 Å². The maximum Gasteiger partial charge on any atom is 0.0686 e. The van der Waals surface area contributed by atoms with Crippen molar-refractivity contribution in [2.45, 2.75) is 70.9 Å². The van der Waals surface area contributed by atoms with Crippen LogP contribution in [0, 0.1) is 18.3 Å². The summed E-state index contributed by atoms with van der Waals surface area (Å²) in [7, 11) is 0. The molecule has 86 valence electrons. The molecule has 1 aliphatic carbocycles. The van der Waals surface area contributed by atoms with Gasteiger partial charge in [0.1, 0.15) is 0 Å². The van der Waals surface area contributed by atoms with Crippen molar-refractivity contribution in [2.24, 2.45) is 5.92 Å². The van der Waals surface area contributed by atoms with Gasteiger partial charge in [0.15, 0.2) is 0 Å². The second-order valence-corrected chi connectivity index (χ2v) is 4.83. The van der Waals surface area contributed by atoms with Crippen molar-refractivity contribution < 1.29 is 0 Å². The van der Waals surface area contributed by atoms with Crippen LogP contribution < -0.4 is 5.32 Å². The Morgan fingerprint density at radius 2 is 1.87 bits per heavy atom. The van der Waals surface area contributed by atoms with Crippen molar-refractivity contribution in [3.8, 4) is 12.3 Å². The molecule has 0 amide bonds. The molecule has 0 bridgehead atoms. The van der Waals surface area contributed by atoms with E-state index in [0.29, 0.717) is 6.04 Å². The minimum Gasteiger partial charge on any atom is -0.301 e. The summed E-state index contributed by atoms with van der Waals surface area (Å²) >= 11 is 0. The van der Waals surface area contributed by atoms with Crippen LogP contribution in [-0.4, -0.2) is 12.1 Å². The summed E-state index contributed by atoms with van der Waals surface area (Å²) < 4.78 is 0. The largest absolute Gasteiger partial charge is 0.301 e. The average Bonchev–Trinajstić information content (AvgIpc) is 2.54. The molecule has 1 heteroatoms. The highest BCUT2D eigenvalue weighted by Gasteiger charge is 2.20. The standard InChI is InChI=1S/C14H25N/c1-4-14(5-2)15-12(3)13-10-8-6-7-9-11-13/h1,12-15H,5-11H2,2-3H3/t12-,14?/m1/s1. The van der Waals surface area contributed by atoms with E-state index < -0.39 is 0 Å². The zero-order valence-electron chi connectivity index (χ0n) is 10.3. The predicted molar refractivity (Wildman–Crippen MR) is 66.7 cm³/mol. The van der Waals surface area contributed by atoms with E-state index in [9.17, 15) is 0 Å². The second-order valence-electron chi connectivity index (χ2n) is 4.83. The highest BCUT2D eigenvalue weighted by molar-refractivity contribution is 4.99. The summed E-state index contributed by atoms with van der Waals surface area (Å²) in [6, 6.07) is 0.854. The Labute approximate surface area is 95.0 Å². The third kappa shape index (κ3) is 4.26. The van der Waals surface area contributed by atoms with Gasteiger partial charge in [-0.3, -0.25) is 0 Å². The Morgan fingerprint density at radius 3 is 2.33 bits per heavy atom. The van der Waals surface area contributed by atoms with Gasteiger partial charge in [0.2, 0.25) is 0 Å². The first-order valence-electron chi connectivity index (χ1n) is 6.50. The van der Waals surface area contributed by atoms with Crippen LogP contribution in [0.1, 0.15) is 58.8 Å². The van der Waals surface area contributed by atoms with Crippen LogP contribution in [0.4, 0.5) is 0 Å². The maximum absolute atomic E-state index is 5.48. The zero-order chi connectivity index (χ0) is 11.1. The molecule has 1 unspecified atom stereocenters. The van der Waals surface area contributed by atoms with Gasteiger partial charge in [-0.15, -0.1) is 6.42 Å². The Balaban J connectivity index is 2.37. The lowest BCUT2D eigenvalue weighted by Crippen LogP contribution is -2.39. The molecule has 0 radical (unpaired) electrons. The van der Waals surface area contributed by atoms with E-state index in [0.717, 1.165) is 12.3 Å². The number of hydrogen-bond donors (Lipinski definition) is 1. The number of nitrogens with one attached hydrogen (secondary N) is 1. The van der Waals surface area contributed by atoms with E-state index in [4.69, 9.17) is 6.42 Å². The molecule has 1 N–H and O–H groups in total. The third-order valence-corrected chi connectivity index (χ3v) is 3.68. The molecule has 1 nitrogen and oxygen atoms in total. The van der Waals surface area contributed by atoms with E-state index in [2.05, 4.69) is 25.1 Å². The molecule has 1 saturated carbocycles. The fourth-order valence-electron chi connectivity index (χ4n) is 2.55. The molecule has 0 aromatic carbocycles. The zero-order valence-corrected chi connectivity index (χ0v) is 10.3. The molecule has 0 spiro atoms. The Bertz CT molecular complexity index is 196. The Hall–Kier alpha value is -0.480. The third-order valence-electron chi connectivity index (χ3n) is 3.68. The number of hydrogen-bond acceptors (Lipinski definition) is 1. The van der Waals surface area contributed by atoms with Crippen molar-refractivity contribution in [1.82, 2.24) is 5.32 Å². The highest BCUT2D eigenvalue weighted by Crippen LogP contribution is 2.25. The summed E-state index contributed by atoms with van der Waals surface area (Å²) in [6.07, 6.45) is 14.9. The van der Waals surface area contributed by atoms with Crippen molar-refractivity contribution in [3.05, 3.63) is 0 Å². The van der Waals surface area contributed by atoms with Crippen LogP contribution in [0.25, 0.3) is 0 Å². The number of terminal acetylenes is 1. The SMILES string of the molecule is C#CC(CC)N[C@H](C)C1CCCCCC1. The average molecular weight is 207 g/mol. The highest BCUT2D eigenvalue weighted by atomic mass is 14.9. The summed E-state index contributed by atoms with van der Waals surface area (Å²) in [6.45, 7) is 4.45. The molecule has 1 aliphatic rings. The van der Waals surface area contributed by atoms with Gasteiger partial charge in [0, 0.05) is 6.04 Å². The van der Waals surface area contributed by atoms with Crippen LogP contribution in [-0.2, 0) is 0 Å². The Morgan fingerprint density at radius 1 is 1.27 bits per heavy atom. The first kappa shape index (κ1) is 12.6. The van der Waals surface area contributed by atoms with Gasteiger partial charge >= 0.3 is 0 Å². The molecule has 0 heterocycles. The van der Waals surface area contributed by atoms with Crippen LogP contribution in [0.15, 0.2) is 0 Å². The molecule has 0 aromatic rings. The van der Waals surface area contributed by atoms with Crippen molar-refractivity contribution in [1.29, 1.82) is 0 Å². The van der Waals surface area contributed by atoms with Crippen LogP contribution in [0.5, 0.6) is 0 Å². The summed E-state index contributed by atoms with van der Waals surface area (Å²) in [5, 5.41) is 3.58. The summed E-state index contributed by atoms with van der Waals surface area (Å²) in [5.74, 6) is 3.67. The molecular weight excluding hydrogens is 182 g/mol. The predicted octanol–water partition coefficient (Wildman–Crippen LogP) is 3.35. The van der Waals surface area contributed by atoms with E-state index >= 15 is 0 Å². The maximum atomic E-state index is 5.48. The lowest BCUT2D eigenvalue weighted by atomic mass is 9.92. The molecule has 0 aromatic heterocycles. The van der Waals surface area contributed by atoms with E-state index in [1.54, 1.807) is 0 Å². The van der Waals surface area contributed by atoms with Crippen LogP contribution in [0.3, 0.4) is 0 Å². The second kappa shape index (κ2) is 6.90. The first-order valence-corrected chi connectivity index (χ1v) is 6.50. The van der Waals surface area contributed by atoms with Crippen LogP contribution >= 0.6 is 0 Å². The quantitative estimate of drug-likeness (QED) is 0.550. The van der Waals surface area contributed by atoms with E-state index in [-0.39, 0.29) is 6.04 Å². The van der Waals surface area contributed by atoms with Gasteiger partial charge in [0.25, 0.3) is 0 Å². The van der Waals surface area contributed by atoms with Gasteiger partial charge in [-0.1, -0.05) is 38.5 Å². The van der Waals surface area contributed by atoms with E-state index in [1.165, 1.54) is 38.5 Å². The van der Waals surface area contributed by atoms with Gasteiger partial charge in [-0.2, -0.15) is 0 Å². The summed E-state index contributed by atoms with van der Waals surface area (Å²) in [4.78, 5) is 0.